The highest BCUT2D eigenvalue weighted by molar-refractivity contribution is 5.86. The van der Waals surface area contributed by atoms with Crippen molar-refractivity contribution < 1.29 is 9.47 Å². The van der Waals surface area contributed by atoms with Crippen molar-refractivity contribution in [3.8, 4) is 11.5 Å². The first kappa shape index (κ1) is 10.8. The van der Waals surface area contributed by atoms with Crippen molar-refractivity contribution in [1.29, 1.82) is 0 Å². The summed E-state index contributed by atoms with van der Waals surface area (Å²) in [7, 11) is 5.22. The molecule has 4 nitrogen and oxygen atoms in total. The molecule has 16 heavy (non-hydrogen) atoms. The maximum Gasteiger partial charge on any atom is 0.162 e. The zero-order valence-corrected chi connectivity index (χ0v) is 9.76. The number of benzene rings is 1. The van der Waals surface area contributed by atoms with Crippen LogP contribution in [0, 0.1) is 0 Å². The first-order valence-electron chi connectivity index (χ1n) is 5.16. The molecule has 2 N–H and O–H groups in total. The van der Waals surface area contributed by atoms with Gasteiger partial charge in [0.05, 0.1) is 14.2 Å². The van der Waals surface area contributed by atoms with E-state index in [2.05, 4.69) is 10.3 Å². The van der Waals surface area contributed by atoms with Crippen LogP contribution in [0.2, 0.25) is 0 Å². The normalized spacial score (nSPS) is 10.7. The number of methoxy groups -OCH3 is 2. The molecule has 0 unspecified atom stereocenters. The van der Waals surface area contributed by atoms with Crippen LogP contribution in [0.3, 0.4) is 0 Å². The summed E-state index contributed by atoms with van der Waals surface area (Å²) in [6, 6.07) is 3.95. The lowest BCUT2D eigenvalue weighted by Crippen LogP contribution is -2.04. The quantitative estimate of drug-likeness (QED) is 0.827. The molecular weight excluding hydrogens is 204 g/mol. The molecule has 0 aliphatic heterocycles. The minimum atomic E-state index is 0.743. The van der Waals surface area contributed by atoms with Crippen LogP contribution >= 0.6 is 0 Å². The van der Waals surface area contributed by atoms with Gasteiger partial charge in [-0.2, -0.15) is 0 Å². The van der Waals surface area contributed by atoms with E-state index in [1.54, 1.807) is 14.2 Å². The monoisotopic (exact) mass is 220 g/mol. The Morgan fingerprint density at radius 2 is 1.88 bits per heavy atom. The molecule has 1 aromatic heterocycles. The Morgan fingerprint density at radius 1 is 1.19 bits per heavy atom. The van der Waals surface area contributed by atoms with Gasteiger partial charge >= 0.3 is 0 Å². The highest BCUT2D eigenvalue weighted by Gasteiger charge is 2.09. The van der Waals surface area contributed by atoms with Gasteiger partial charge in [-0.3, -0.25) is 0 Å². The summed E-state index contributed by atoms with van der Waals surface area (Å²) in [5.41, 5.74) is 2.28. The molecule has 0 bridgehead atoms. The van der Waals surface area contributed by atoms with Gasteiger partial charge in [0.1, 0.15) is 0 Å². The molecule has 86 valence electrons. The number of rotatable bonds is 4. The predicted molar refractivity (Wildman–Crippen MR) is 64.2 cm³/mol. The molecule has 2 rings (SSSR count). The van der Waals surface area contributed by atoms with Gasteiger partial charge in [-0.1, -0.05) is 0 Å². The zero-order valence-electron chi connectivity index (χ0n) is 9.76. The van der Waals surface area contributed by atoms with Gasteiger partial charge in [0.2, 0.25) is 0 Å². The van der Waals surface area contributed by atoms with Crippen molar-refractivity contribution in [2.45, 2.75) is 6.54 Å². The molecule has 0 spiro atoms. The van der Waals surface area contributed by atoms with E-state index < -0.39 is 0 Å². The number of aromatic nitrogens is 1. The smallest absolute Gasteiger partial charge is 0.162 e. The number of nitrogens with one attached hydrogen (secondary N) is 2. The Hall–Kier alpha value is -1.68. The number of fused-ring (bicyclic) bond motifs is 1. The Morgan fingerprint density at radius 3 is 2.50 bits per heavy atom. The van der Waals surface area contributed by atoms with Gasteiger partial charge in [-0.25, -0.2) is 0 Å². The number of hydrogen-bond donors (Lipinski definition) is 2. The molecule has 0 atom stereocenters. The van der Waals surface area contributed by atoms with E-state index in [0.717, 1.165) is 28.9 Å². The summed E-state index contributed by atoms with van der Waals surface area (Å²) in [5, 5.41) is 4.30. The molecule has 0 fully saturated rings. The molecular formula is C12H16N2O2. The van der Waals surface area contributed by atoms with Crippen LogP contribution in [0.1, 0.15) is 5.56 Å². The Labute approximate surface area is 94.6 Å². The molecule has 4 heteroatoms. The Balaban J connectivity index is 2.57. The lowest BCUT2D eigenvalue weighted by Gasteiger charge is -2.07. The number of H-pyrrole nitrogens is 1. The SMILES string of the molecule is CNCc1c[nH]c2cc(OC)c(OC)cc12. The zero-order chi connectivity index (χ0) is 11.5. The number of aromatic amines is 1. The van der Waals surface area contributed by atoms with Crippen LogP contribution in [-0.2, 0) is 6.54 Å². The third-order valence-electron chi connectivity index (χ3n) is 2.64. The predicted octanol–water partition coefficient (Wildman–Crippen LogP) is 1.90. The number of hydrogen-bond acceptors (Lipinski definition) is 3. The maximum absolute atomic E-state index is 5.29. The molecule has 0 amide bonds. The summed E-state index contributed by atoms with van der Waals surface area (Å²) >= 11 is 0. The molecule has 1 aromatic carbocycles. The summed E-state index contributed by atoms with van der Waals surface area (Å²) in [6.45, 7) is 0.829. The first-order valence-corrected chi connectivity index (χ1v) is 5.16. The minimum Gasteiger partial charge on any atom is -0.493 e. The minimum absolute atomic E-state index is 0.743. The fourth-order valence-corrected chi connectivity index (χ4v) is 1.84. The van der Waals surface area contributed by atoms with E-state index in [1.807, 2.05) is 25.4 Å². The molecule has 0 aliphatic rings. The lowest BCUT2D eigenvalue weighted by atomic mass is 10.1. The first-order chi connectivity index (χ1) is 7.80. The molecule has 1 heterocycles. The van der Waals surface area contributed by atoms with E-state index in [0.29, 0.717) is 0 Å². The lowest BCUT2D eigenvalue weighted by molar-refractivity contribution is 0.356. The second-order valence-corrected chi connectivity index (χ2v) is 3.60. The van der Waals surface area contributed by atoms with E-state index in [9.17, 15) is 0 Å². The van der Waals surface area contributed by atoms with Crippen molar-refractivity contribution in [2.75, 3.05) is 21.3 Å². The summed E-state index contributed by atoms with van der Waals surface area (Å²) in [4.78, 5) is 3.22. The van der Waals surface area contributed by atoms with Crippen LogP contribution < -0.4 is 14.8 Å². The van der Waals surface area contributed by atoms with Crippen LogP contribution in [0.25, 0.3) is 10.9 Å². The standard InChI is InChI=1S/C12H16N2O2/c1-13-6-8-7-14-10-5-12(16-3)11(15-2)4-9(8)10/h4-5,7,13-14H,6H2,1-3H3. The van der Waals surface area contributed by atoms with Crippen LogP contribution in [0.15, 0.2) is 18.3 Å². The van der Waals surface area contributed by atoms with Crippen LogP contribution in [0.4, 0.5) is 0 Å². The largest absolute Gasteiger partial charge is 0.493 e. The van der Waals surface area contributed by atoms with Gasteiger partial charge in [0, 0.05) is 29.7 Å². The van der Waals surface area contributed by atoms with Crippen molar-refractivity contribution in [1.82, 2.24) is 10.3 Å². The van der Waals surface area contributed by atoms with Gasteiger partial charge < -0.3 is 19.8 Å². The molecule has 0 aliphatic carbocycles. The third kappa shape index (κ3) is 1.72. The summed E-state index contributed by atoms with van der Waals surface area (Å²) < 4.78 is 10.5. The maximum atomic E-state index is 5.29. The van der Waals surface area contributed by atoms with Gasteiger partial charge in [-0.15, -0.1) is 0 Å². The summed E-state index contributed by atoms with van der Waals surface area (Å²) in [5.74, 6) is 1.50. The Kier molecular flexibility index (Phi) is 3.01. The topological polar surface area (TPSA) is 46.3 Å². The van der Waals surface area contributed by atoms with Crippen LogP contribution in [-0.4, -0.2) is 26.3 Å². The van der Waals surface area contributed by atoms with Gasteiger partial charge in [0.15, 0.2) is 11.5 Å². The molecule has 0 radical (unpaired) electrons. The van der Waals surface area contributed by atoms with Crippen molar-refractivity contribution in [3.05, 3.63) is 23.9 Å². The van der Waals surface area contributed by atoms with E-state index in [-0.39, 0.29) is 0 Å². The second kappa shape index (κ2) is 4.45. The van der Waals surface area contributed by atoms with Gasteiger partial charge in [0.25, 0.3) is 0 Å². The average Bonchev–Trinajstić information content (AvgIpc) is 2.70. The van der Waals surface area contributed by atoms with E-state index >= 15 is 0 Å². The van der Waals surface area contributed by atoms with E-state index in [4.69, 9.17) is 9.47 Å². The molecule has 0 saturated carbocycles. The van der Waals surface area contributed by atoms with Crippen molar-refractivity contribution in [3.63, 3.8) is 0 Å². The average molecular weight is 220 g/mol. The fraction of sp³-hybridized carbons (Fsp3) is 0.333. The molecule has 2 aromatic rings. The second-order valence-electron chi connectivity index (χ2n) is 3.60. The highest BCUT2D eigenvalue weighted by atomic mass is 16.5. The highest BCUT2D eigenvalue weighted by Crippen LogP contribution is 2.33. The summed E-state index contributed by atoms with van der Waals surface area (Å²) in [6.07, 6.45) is 2.00. The van der Waals surface area contributed by atoms with Crippen molar-refractivity contribution in [2.24, 2.45) is 0 Å². The van der Waals surface area contributed by atoms with Crippen LogP contribution in [0.5, 0.6) is 11.5 Å². The van der Waals surface area contributed by atoms with E-state index in [1.165, 1.54) is 5.56 Å². The third-order valence-corrected chi connectivity index (χ3v) is 2.64. The number of ether oxygens (including phenoxy) is 2. The van der Waals surface area contributed by atoms with Gasteiger partial charge in [-0.05, 0) is 18.7 Å². The Bertz CT molecular complexity index is 491. The fourth-order valence-electron chi connectivity index (χ4n) is 1.84. The molecule has 0 saturated heterocycles. The van der Waals surface area contributed by atoms with Crippen molar-refractivity contribution >= 4 is 10.9 Å².